The van der Waals surface area contributed by atoms with Gasteiger partial charge < -0.3 is 20.9 Å². The number of carbonyl (C=O) groups is 2. The summed E-state index contributed by atoms with van der Waals surface area (Å²) in [6, 6.07) is 12.6. The van der Waals surface area contributed by atoms with Crippen molar-refractivity contribution >= 4 is 34.4 Å². The molecule has 0 atom stereocenters. The maximum absolute atomic E-state index is 12.2. The summed E-state index contributed by atoms with van der Waals surface area (Å²) in [4.78, 5) is 27.3. The minimum atomic E-state index is -1.13. The summed E-state index contributed by atoms with van der Waals surface area (Å²) < 4.78 is 5.34. The van der Waals surface area contributed by atoms with Crippen molar-refractivity contribution in [2.75, 3.05) is 5.32 Å². The van der Waals surface area contributed by atoms with Gasteiger partial charge in [-0.3, -0.25) is 5.41 Å². The number of guanidine groups is 1. The number of carboxylic acid groups (broad SMARTS) is 1. The van der Waals surface area contributed by atoms with Crippen LogP contribution >= 0.6 is 0 Å². The lowest BCUT2D eigenvalue weighted by molar-refractivity contribution is 0.0690. The predicted octanol–water partition coefficient (Wildman–Crippen LogP) is 2.46. The molecule has 0 bridgehead atoms. The molecule has 8 heteroatoms. The average Bonchev–Trinajstić information content (AvgIpc) is 2.61. The number of nitrogens with one attached hydrogen (secondary N) is 2. The number of anilines is 1. The molecule has 0 amide bonds. The normalized spacial score (nSPS) is 10.3. The van der Waals surface area contributed by atoms with Crippen molar-refractivity contribution in [3.63, 3.8) is 0 Å². The minimum absolute atomic E-state index is 0.0612. The quantitative estimate of drug-likeness (QED) is 0.245. The highest BCUT2D eigenvalue weighted by molar-refractivity contribution is 6.02. The Labute approximate surface area is 147 Å². The fraction of sp³-hybridized carbons (Fsp3) is 0. The molecule has 0 spiro atoms. The SMILES string of the molecule is N=C(N)Nc1ccc(C(=O)Oc2ccc3c(C(=O)O)nccc3c2)cc1. The lowest BCUT2D eigenvalue weighted by Gasteiger charge is -2.08. The largest absolute Gasteiger partial charge is 0.476 e. The molecule has 0 unspecified atom stereocenters. The van der Waals surface area contributed by atoms with Gasteiger partial charge in [0.05, 0.1) is 5.56 Å². The number of nitrogens with two attached hydrogens (primary N) is 1. The Kier molecular flexibility index (Phi) is 4.48. The summed E-state index contributed by atoms with van der Waals surface area (Å²) in [5.74, 6) is -1.60. The van der Waals surface area contributed by atoms with Gasteiger partial charge in [0.25, 0.3) is 0 Å². The second-order valence-corrected chi connectivity index (χ2v) is 5.35. The van der Waals surface area contributed by atoms with E-state index in [-0.39, 0.29) is 17.4 Å². The summed E-state index contributed by atoms with van der Waals surface area (Å²) >= 11 is 0. The molecule has 0 aliphatic heterocycles. The predicted molar refractivity (Wildman–Crippen MR) is 95.6 cm³/mol. The molecule has 1 heterocycles. The first-order valence-corrected chi connectivity index (χ1v) is 7.49. The maximum Gasteiger partial charge on any atom is 0.355 e. The van der Waals surface area contributed by atoms with Crippen molar-refractivity contribution in [2.24, 2.45) is 5.73 Å². The van der Waals surface area contributed by atoms with Crippen LogP contribution in [0.1, 0.15) is 20.8 Å². The van der Waals surface area contributed by atoms with Crippen LogP contribution in [0, 0.1) is 5.41 Å². The highest BCUT2D eigenvalue weighted by atomic mass is 16.5. The van der Waals surface area contributed by atoms with E-state index in [2.05, 4.69) is 10.3 Å². The first-order valence-electron chi connectivity index (χ1n) is 7.49. The Morgan fingerprint density at radius 3 is 2.50 bits per heavy atom. The van der Waals surface area contributed by atoms with Crippen LogP contribution in [0.4, 0.5) is 5.69 Å². The number of hydrogen-bond donors (Lipinski definition) is 4. The van der Waals surface area contributed by atoms with Crippen molar-refractivity contribution in [1.82, 2.24) is 4.98 Å². The van der Waals surface area contributed by atoms with Gasteiger partial charge in [-0.2, -0.15) is 0 Å². The maximum atomic E-state index is 12.2. The van der Waals surface area contributed by atoms with E-state index >= 15 is 0 Å². The van der Waals surface area contributed by atoms with E-state index in [1.165, 1.54) is 12.3 Å². The van der Waals surface area contributed by atoms with E-state index in [0.717, 1.165) is 0 Å². The summed E-state index contributed by atoms with van der Waals surface area (Å²) in [6.07, 6.45) is 1.39. The second-order valence-electron chi connectivity index (χ2n) is 5.35. The van der Waals surface area contributed by atoms with Gasteiger partial charge in [-0.05, 0) is 53.9 Å². The highest BCUT2D eigenvalue weighted by Crippen LogP contribution is 2.23. The van der Waals surface area contributed by atoms with Gasteiger partial charge in [-0.1, -0.05) is 0 Å². The van der Waals surface area contributed by atoms with Gasteiger partial charge >= 0.3 is 11.9 Å². The molecule has 2 aromatic carbocycles. The lowest BCUT2D eigenvalue weighted by atomic mass is 10.1. The first kappa shape index (κ1) is 16.9. The standard InChI is InChI=1S/C18H14N4O4/c19-18(20)22-12-3-1-10(2-4-12)17(25)26-13-5-6-14-11(9-13)7-8-21-15(14)16(23)24/h1-9H,(H,23,24)(H4,19,20,22). The number of carboxylic acids is 1. The third-order valence-corrected chi connectivity index (χ3v) is 3.55. The van der Waals surface area contributed by atoms with Crippen LogP contribution in [0.25, 0.3) is 10.8 Å². The molecule has 130 valence electrons. The second kappa shape index (κ2) is 6.89. The molecule has 0 saturated carbocycles. The molecule has 1 aromatic heterocycles. The Balaban J connectivity index is 1.81. The number of benzene rings is 2. The van der Waals surface area contributed by atoms with Crippen molar-refractivity contribution in [1.29, 1.82) is 5.41 Å². The number of nitrogens with zero attached hydrogens (tertiary/aromatic N) is 1. The van der Waals surface area contributed by atoms with Crippen LogP contribution in [0.2, 0.25) is 0 Å². The third-order valence-electron chi connectivity index (χ3n) is 3.55. The minimum Gasteiger partial charge on any atom is -0.476 e. The van der Waals surface area contributed by atoms with Crippen LogP contribution in [0.5, 0.6) is 5.75 Å². The fourth-order valence-corrected chi connectivity index (χ4v) is 2.40. The smallest absolute Gasteiger partial charge is 0.355 e. The molecular formula is C18H14N4O4. The monoisotopic (exact) mass is 350 g/mol. The summed E-state index contributed by atoms with van der Waals surface area (Å²) in [6.45, 7) is 0. The van der Waals surface area contributed by atoms with Crippen LogP contribution in [0.15, 0.2) is 54.7 Å². The Bertz CT molecular complexity index is 1020. The topological polar surface area (TPSA) is 138 Å². The molecule has 0 saturated heterocycles. The van der Waals surface area contributed by atoms with E-state index in [1.54, 1.807) is 42.5 Å². The number of rotatable bonds is 4. The number of fused-ring (bicyclic) bond motifs is 1. The van der Waals surface area contributed by atoms with Gasteiger partial charge in [0, 0.05) is 17.3 Å². The van der Waals surface area contributed by atoms with E-state index in [1.807, 2.05) is 0 Å². The summed E-state index contributed by atoms with van der Waals surface area (Å²) in [5.41, 5.74) is 6.07. The van der Waals surface area contributed by atoms with Crippen molar-refractivity contribution in [3.8, 4) is 5.75 Å². The van der Waals surface area contributed by atoms with Crippen molar-refractivity contribution in [3.05, 3.63) is 66.0 Å². The van der Waals surface area contributed by atoms with Crippen LogP contribution in [-0.2, 0) is 0 Å². The number of aromatic carboxylic acids is 1. The average molecular weight is 350 g/mol. The molecule has 3 aromatic rings. The molecule has 8 nitrogen and oxygen atoms in total. The number of carbonyl (C=O) groups excluding carboxylic acids is 1. The first-order chi connectivity index (χ1) is 12.4. The van der Waals surface area contributed by atoms with E-state index in [9.17, 15) is 9.59 Å². The zero-order valence-electron chi connectivity index (χ0n) is 13.4. The molecule has 0 aliphatic rings. The molecule has 26 heavy (non-hydrogen) atoms. The number of aromatic nitrogens is 1. The van der Waals surface area contributed by atoms with E-state index in [4.69, 9.17) is 21.0 Å². The highest BCUT2D eigenvalue weighted by Gasteiger charge is 2.12. The molecule has 5 N–H and O–H groups in total. The van der Waals surface area contributed by atoms with Gasteiger partial charge in [0.2, 0.25) is 0 Å². The molecule has 0 fully saturated rings. The third kappa shape index (κ3) is 3.59. The fourth-order valence-electron chi connectivity index (χ4n) is 2.40. The van der Waals surface area contributed by atoms with Crippen LogP contribution in [0.3, 0.4) is 0 Å². The van der Waals surface area contributed by atoms with E-state index in [0.29, 0.717) is 22.0 Å². The van der Waals surface area contributed by atoms with Crippen LogP contribution < -0.4 is 15.8 Å². The van der Waals surface area contributed by atoms with Crippen molar-refractivity contribution in [2.45, 2.75) is 0 Å². The summed E-state index contributed by atoms with van der Waals surface area (Å²) in [5, 5.41) is 20.0. The Morgan fingerprint density at radius 1 is 1.12 bits per heavy atom. The van der Waals surface area contributed by atoms with E-state index < -0.39 is 11.9 Å². The molecule has 0 aliphatic carbocycles. The number of esters is 1. The zero-order valence-corrected chi connectivity index (χ0v) is 13.4. The summed E-state index contributed by atoms with van der Waals surface area (Å²) in [7, 11) is 0. The van der Waals surface area contributed by atoms with Crippen molar-refractivity contribution < 1.29 is 19.4 Å². The number of ether oxygens (including phenoxy) is 1. The number of pyridine rings is 1. The van der Waals surface area contributed by atoms with Gasteiger partial charge in [0.1, 0.15) is 5.75 Å². The van der Waals surface area contributed by atoms with Crippen LogP contribution in [-0.4, -0.2) is 28.0 Å². The Hall–Kier alpha value is -3.94. The zero-order chi connectivity index (χ0) is 18.7. The molecule has 3 rings (SSSR count). The van der Waals surface area contributed by atoms with Gasteiger partial charge in [-0.15, -0.1) is 0 Å². The van der Waals surface area contributed by atoms with Gasteiger partial charge in [0.15, 0.2) is 11.7 Å². The Morgan fingerprint density at radius 2 is 1.85 bits per heavy atom. The lowest BCUT2D eigenvalue weighted by Crippen LogP contribution is -2.20. The van der Waals surface area contributed by atoms with Gasteiger partial charge in [-0.25, -0.2) is 14.6 Å². The number of hydrogen-bond acceptors (Lipinski definition) is 5. The molecule has 0 radical (unpaired) electrons. The molecular weight excluding hydrogens is 336 g/mol.